The van der Waals surface area contributed by atoms with Crippen LogP contribution in [0.3, 0.4) is 0 Å². The van der Waals surface area contributed by atoms with Crippen molar-refractivity contribution in [2.24, 2.45) is 21.7 Å². The standard InChI is InChI=1S/C30H54N6O/c1-22-31-25(35-11-13-37-14-12-35)33-26(32-22)36(24-17-29(6,7)20-30(8,9)18-24)21-34(10)23-15-27(2,3)19-28(4,5)16-23/h23-24H,11-21H2,1-10H3. The number of aromatic nitrogens is 3. The molecule has 0 bridgehead atoms. The summed E-state index contributed by atoms with van der Waals surface area (Å²) in [5, 5.41) is 0. The van der Waals surface area contributed by atoms with Crippen molar-refractivity contribution in [2.45, 2.75) is 113 Å². The summed E-state index contributed by atoms with van der Waals surface area (Å²) in [5.41, 5.74) is 1.28. The molecule has 1 aromatic heterocycles. The Labute approximate surface area is 226 Å². The first kappa shape index (κ1) is 28.5. The minimum atomic E-state index is 0.285. The first-order valence-electron chi connectivity index (χ1n) is 14.6. The molecular formula is C30H54N6O. The van der Waals surface area contributed by atoms with Crippen LogP contribution in [0.5, 0.6) is 0 Å². The van der Waals surface area contributed by atoms with Gasteiger partial charge in [0, 0.05) is 25.2 Å². The van der Waals surface area contributed by atoms with Gasteiger partial charge in [-0.3, -0.25) is 4.90 Å². The Morgan fingerprint density at radius 2 is 1.24 bits per heavy atom. The molecule has 0 aromatic carbocycles. The topological polar surface area (TPSA) is 57.6 Å². The van der Waals surface area contributed by atoms with E-state index in [-0.39, 0.29) is 10.8 Å². The van der Waals surface area contributed by atoms with Crippen molar-refractivity contribution in [1.29, 1.82) is 0 Å². The van der Waals surface area contributed by atoms with Gasteiger partial charge >= 0.3 is 0 Å². The number of aryl methyl sites for hydroxylation is 1. The van der Waals surface area contributed by atoms with E-state index in [9.17, 15) is 0 Å². The molecule has 0 N–H and O–H groups in total. The van der Waals surface area contributed by atoms with Crippen LogP contribution < -0.4 is 9.80 Å². The second-order valence-electron chi connectivity index (χ2n) is 15.6. The summed E-state index contributed by atoms with van der Waals surface area (Å²) in [6.07, 6.45) is 7.32. The van der Waals surface area contributed by atoms with Gasteiger partial charge in [-0.1, -0.05) is 55.4 Å². The fourth-order valence-corrected chi connectivity index (χ4v) is 8.29. The number of nitrogens with zero attached hydrogens (tertiary/aromatic N) is 6. The van der Waals surface area contributed by atoms with Crippen molar-refractivity contribution in [1.82, 2.24) is 19.9 Å². The third kappa shape index (κ3) is 7.35. The van der Waals surface area contributed by atoms with E-state index in [1.54, 1.807) is 0 Å². The zero-order chi connectivity index (χ0) is 27.2. The van der Waals surface area contributed by atoms with Gasteiger partial charge in [0.1, 0.15) is 5.82 Å². The fraction of sp³-hybridized carbons (Fsp3) is 0.900. The number of anilines is 2. The lowest BCUT2D eigenvalue weighted by atomic mass is 9.63. The monoisotopic (exact) mass is 514 g/mol. The van der Waals surface area contributed by atoms with Crippen LogP contribution in [0.15, 0.2) is 0 Å². The molecule has 1 aliphatic heterocycles. The van der Waals surface area contributed by atoms with E-state index >= 15 is 0 Å². The van der Waals surface area contributed by atoms with Gasteiger partial charge in [0.15, 0.2) is 0 Å². The largest absolute Gasteiger partial charge is 0.378 e. The van der Waals surface area contributed by atoms with Crippen molar-refractivity contribution >= 4 is 11.9 Å². The van der Waals surface area contributed by atoms with E-state index < -0.39 is 0 Å². The molecule has 4 rings (SSSR count). The van der Waals surface area contributed by atoms with Gasteiger partial charge in [-0.25, -0.2) is 0 Å². The fourth-order valence-electron chi connectivity index (χ4n) is 8.29. The van der Waals surface area contributed by atoms with Gasteiger partial charge in [-0.2, -0.15) is 15.0 Å². The maximum absolute atomic E-state index is 5.59. The molecule has 3 fully saturated rings. The summed E-state index contributed by atoms with van der Waals surface area (Å²) < 4.78 is 5.59. The third-order valence-electron chi connectivity index (χ3n) is 8.78. The lowest BCUT2D eigenvalue weighted by molar-refractivity contribution is 0.0307. The van der Waals surface area contributed by atoms with Crippen LogP contribution in [-0.2, 0) is 4.74 Å². The lowest BCUT2D eigenvalue weighted by Crippen LogP contribution is -2.54. The van der Waals surface area contributed by atoms with E-state index in [2.05, 4.69) is 77.1 Å². The van der Waals surface area contributed by atoms with Crippen LogP contribution in [-0.4, -0.2) is 72.0 Å². The van der Waals surface area contributed by atoms with Crippen LogP contribution in [0.1, 0.15) is 99.7 Å². The molecule has 0 amide bonds. The van der Waals surface area contributed by atoms with Gasteiger partial charge in [0.25, 0.3) is 0 Å². The summed E-state index contributed by atoms with van der Waals surface area (Å²) in [6.45, 7) is 25.5. The number of morpholine rings is 1. The van der Waals surface area contributed by atoms with Gasteiger partial charge < -0.3 is 14.5 Å². The van der Waals surface area contributed by atoms with Crippen LogP contribution >= 0.6 is 0 Å². The van der Waals surface area contributed by atoms with Gasteiger partial charge in [0.05, 0.1) is 19.9 Å². The van der Waals surface area contributed by atoms with Crippen LogP contribution in [0, 0.1) is 28.6 Å². The summed E-state index contributed by atoms with van der Waals surface area (Å²) in [4.78, 5) is 22.3. The van der Waals surface area contributed by atoms with Gasteiger partial charge in [0.2, 0.25) is 11.9 Å². The number of ether oxygens (including phenoxy) is 1. The number of rotatable bonds is 6. The van der Waals surface area contributed by atoms with E-state index in [0.29, 0.717) is 22.9 Å². The molecule has 2 saturated carbocycles. The Kier molecular flexibility index (Phi) is 7.91. The Bertz CT molecular complexity index is 904. The summed E-state index contributed by atoms with van der Waals surface area (Å²) in [7, 11) is 2.32. The van der Waals surface area contributed by atoms with Crippen molar-refractivity contribution in [2.75, 3.05) is 49.8 Å². The average Bonchev–Trinajstić information content (AvgIpc) is 2.73. The Hall–Kier alpha value is -1.47. The molecule has 210 valence electrons. The highest BCUT2D eigenvalue weighted by Gasteiger charge is 2.44. The van der Waals surface area contributed by atoms with E-state index in [4.69, 9.17) is 19.7 Å². The molecule has 0 spiro atoms. The molecule has 2 heterocycles. The lowest BCUT2D eigenvalue weighted by Gasteiger charge is -2.51. The predicted molar refractivity (Wildman–Crippen MR) is 153 cm³/mol. The summed E-state index contributed by atoms with van der Waals surface area (Å²) in [5.74, 6) is 2.44. The van der Waals surface area contributed by atoms with E-state index in [1.165, 1.54) is 25.7 Å². The molecule has 7 nitrogen and oxygen atoms in total. The number of hydrogen-bond acceptors (Lipinski definition) is 7. The molecule has 3 aliphatic rings. The average molecular weight is 515 g/mol. The van der Waals surface area contributed by atoms with Gasteiger partial charge in [-0.05, 0) is 74.2 Å². The van der Waals surface area contributed by atoms with E-state index in [1.807, 2.05) is 6.92 Å². The minimum Gasteiger partial charge on any atom is -0.378 e. The van der Waals surface area contributed by atoms with Gasteiger partial charge in [-0.15, -0.1) is 0 Å². The Morgan fingerprint density at radius 1 is 0.757 bits per heavy atom. The molecule has 1 saturated heterocycles. The molecule has 0 radical (unpaired) electrons. The van der Waals surface area contributed by atoms with Crippen molar-refractivity contribution < 1.29 is 4.74 Å². The number of hydrogen-bond donors (Lipinski definition) is 0. The molecule has 7 heteroatoms. The first-order chi connectivity index (χ1) is 17.0. The molecule has 0 atom stereocenters. The quantitative estimate of drug-likeness (QED) is 0.437. The highest BCUT2D eigenvalue weighted by Crippen LogP contribution is 2.49. The maximum Gasteiger partial charge on any atom is 0.231 e. The molecule has 37 heavy (non-hydrogen) atoms. The van der Waals surface area contributed by atoms with Crippen LogP contribution in [0.4, 0.5) is 11.9 Å². The zero-order valence-electron chi connectivity index (χ0n) is 25.5. The SMILES string of the molecule is Cc1nc(N2CCOCC2)nc(N(CN(C)C2CC(C)(C)CC(C)(C)C2)C2CC(C)(C)CC(C)(C)C2)n1. The highest BCUT2D eigenvalue weighted by molar-refractivity contribution is 5.40. The zero-order valence-corrected chi connectivity index (χ0v) is 25.5. The summed E-state index contributed by atoms with van der Waals surface area (Å²) in [6, 6.07) is 0.942. The maximum atomic E-state index is 5.59. The van der Waals surface area contributed by atoms with Crippen molar-refractivity contribution in [3.63, 3.8) is 0 Å². The molecule has 0 unspecified atom stereocenters. The normalized spacial score (nSPS) is 25.9. The third-order valence-corrected chi connectivity index (χ3v) is 8.78. The molecular weight excluding hydrogens is 460 g/mol. The van der Waals surface area contributed by atoms with E-state index in [0.717, 1.165) is 63.5 Å². The van der Waals surface area contributed by atoms with Crippen molar-refractivity contribution in [3.8, 4) is 0 Å². The van der Waals surface area contributed by atoms with Crippen molar-refractivity contribution in [3.05, 3.63) is 5.82 Å². The second-order valence-corrected chi connectivity index (χ2v) is 15.6. The minimum absolute atomic E-state index is 0.285. The predicted octanol–water partition coefficient (Wildman–Crippen LogP) is 5.92. The Balaban J connectivity index is 1.67. The Morgan fingerprint density at radius 3 is 1.76 bits per heavy atom. The highest BCUT2D eigenvalue weighted by atomic mass is 16.5. The molecule has 2 aliphatic carbocycles. The first-order valence-corrected chi connectivity index (χ1v) is 14.6. The van der Waals surface area contributed by atoms with Crippen LogP contribution in [0.25, 0.3) is 0 Å². The second kappa shape index (κ2) is 10.3. The smallest absolute Gasteiger partial charge is 0.231 e. The summed E-state index contributed by atoms with van der Waals surface area (Å²) >= 11 is 0. The van der Waals surface area contributed by atoms with Crippen LogP contribution in [0.2, 0.25) is 0 Å². The molecule has 1 aromatic rings.